The zero-order valence-corrected chi connectivity index (χ0v) is 11.2. The molecule has 2 N–H and O–H groups in total. The fraction of sp³-hybridized carbons (Fsp3) is 0.429. The van der Waals surface area contributed by atoms with Crippen LogP contribution in [-0.2, 0) is 14.3 Å². The summed E-state index contributed by atoms with van der Waals surface area (Å²) in [6.45, 7) is 2.18. The molecule has 5 nitrogen and oxygen atoms in total. The van der Waals surface area contributed by atoms with Crippen LogP contribution in [0.3, 0.4) is 0 Å². The van der Waals surface area contributed by atoms with Crippen LogP contribution >= 0.6 is 0 Å². The molecular weight excluding hydrogens is 246 g/mol. The van der Waals surface area contributed by atoms with Gasteiger partial charge in [-0.15, -0.1) is 0 Å². The van der Waals surface area contributed by atoms with Gasteiger partial charge in [0, 0.05) is 25.8 Å². The molecule has 104 valence electrons. The zero-order chi connectivity index (χ0) is 14.3. The number of rotatable bonds is 7. The molecule has 0 fully saturated rings. The van der Waals surface area contributed by atoms with Crippen molar-refractivity contribution in [3.05, 3.63) is 29.8 Å². The summed E-state index contributed by atoms with van der Waals surface area (Å²) in [6.07, 6.45) is 1.08. The van der Waals surface area contributed by atoms with E-state index in [1.165, 1.54) is 0 Å². The lowest BCUT2D eigenvalue weighted by molar-refractivity contribution is -0.138. The fourth-order valence-corrected chi connectivity index (χ4v) is 1.60. The van der Waals surface area contributed by atoms with E-state index >= 15 is 0 Å². The van der Waals surface area contributed by atoms with Crippen molar-refractivity contribution in [3.63, 3.8) is 0 Å². The number of carboxylic acids is 1. The van der Waals surface area contributed by atoms with E-state index in [-0.39, 0.29) is 5.91 Å². The molecule has 1 aromatic carbocycles. The van der Waals surface area contributed by atoms with Crippen LogP contribution < -0.4 is 5.32 Å². The Morgan fingerprint density at radius 2 is 1.95 bits per heavy atom. The Labute approximate surface area is 112 Å². The highest BCUT2D eigenvalue weighted by Gasteiger charge is 2.13. The molecule has 1 aromatic rings. The third kappa shape index (κ3) is 5.09. The number of carboxylic acid groups (broad SMARTS) is 1. The van der Waals surface area contributed by atoms with Gasteiger partial charge in [-0.05, 0) is 31.0 Å². The van der Waals surface area contributed by atoms with E-state index in [1.54, 1.807) is 38.3 Å². The lowest BCUT2D eigenvalue weighted by Crippen LogP contribution is -2.12. The predicted octanol–water partition coefficient (Wildman–Crippen LogP) is 2.24. The maximum Gasteiger partial charge on any atom is 0.310 e. The molecule has 0 aliphatic rings. The van der Waals surface area contributed by atoms with Crippen molar-refractivity contribution in [3.8, 4) is 0 Å². The first-order valence-electron chi connectivity index (χ1n) is 6.16. The van der Waals surface area contributed by atoms with E-state index in [2.05, 4.69) is 5.32 Å². The lowest BCUT2D eigenvalue weighted by Gasteiger charge is -2.09. The topological polar surface area (TPSA) is 75.6 Å². The van der Waals surface area contributed by atoms with Crippen LogP contribution in [0.1, 0.15) is 31.2 Å². The average molecular weight is 265 g/mol. The van der Waals surface area contributed by atoms with Crippen LogP contribution in [-0.4, -0.2) is 30.7 Å². The van der Waals surface area contributed by atoms with Gasteiger partial charge in [-0.2, -0.15) is 0 Å². The standard InChI is InChI=1S/C14H19NO4/c1-10(14(17)18)11-5-7-12(8-6-11)15-13(16)4-3-9-19-2/h5-8,10H,3-4,9H2,1-2H3,(H,15,16)(H,17,18). The van der Waals surface area contributed by atoms with Crippen LogP contribution in [0.4, 0.5) is 5.69 Å². The lowest BCUT2D eigenvalue weighted by atomic mass is 10.0. The Hall–Kier alpha value is -1.88. The van der Waals surface area contributed by atoms with Gasteiger partial charge in [-0.25, -0.2) is 0 Å². The molecule has 0 radical (unpaired) electrons. The Kier molecular flexibility index (Phi) is 6.02. The van der Waals surface area contributed by atoms with Crippen molar-refractivity contribution in [2.45, 2.75) is 25.7 Å². The largest absolute Gasteiger partial charge is 0.481 e. The number of ether oxygens (including phenoxy) is 1. The highest BCUT2D eigenvalue weighted by Crippen LogP contribution is 2.18. The number of amides is 1. The van der Waals surface area contributed by atoms with E-state index in [4.69, 9.17) is 9.84 Å². The minimum absolute atomic E-state index is 0.0731. The van der Waals surface area contributed by atoms with Crippen LogP contribution in [0.25, 0.3) is 0 Å². The predicted molar refractivity (Wildman–Crippen MR) is 72.2 cm³/mol. The van der Waals surface area contributed by atoms with Crippen molar-refractivity contribution >= 4 is 17.6 Å². The number of aliphatic carboxylic acids is 1. The molecule has 1 unspecified atom stereocenters. The number of benzene rings is 1. The first kappa shape index (κ1) is 15.2. The molecule has 0 aliphatic carbocycles. The van der Waals surface area contributed by atoms with Gasteiger partial charge in [0.1, 0.15) is 0 Å². The summed E-state index contributed by atoms with van der Waals surface area (Å²) in [7, 11) is 1.60. The maximum absolute atomic E-state index is 11.6. The SMILES string of the molecule is COCCCC(=O)Nc1ccc(C(C)C(=O)O)cc1. The van der Waals surface area contributed by atoms with E-state index < -0.39 is 11.9 Å². The molecule has 0 aromatic heterocycles. The third-order valence-electron chi connectivity index (χ3n) is 2.82. The average Bonchev–Trinajstić information content (AvgIpc) is 2.39. The summed E-state index contributed by atoms with van der Waals surface area (Å²) in [6, 6.07) is 6.85. The highest BCUT2D eigenvalue weighted by atomic mass is 16.5. The second kappa shape index (κ2) is 7.53. The summed E-state index contributed by atoms with van der Waals surface area (Å²) >= 11 is 0. The quantitative estimate of drug-likeness (QED) is 0.741. The minimum atomic E-state index is -0.864. The van der Waals surface area contributed by atoms with E-state index in [0.717, 1.165) is 0 Å². The van der Waals surface area contributed by atoms with E-state index in [9.17, 15) is 9.59 Å². The molecule has 1 atom stereocenters. The first-order valence-corrected chi connectivity index (χ1v) is 6.16. The molecule has 19 heavy (non-hydrogen) atoms. The van der Waals surface area contributed by atoms with Crippen molar-refractivity contribution in [2.24, 2.45) is 0 Å². The van der Waals surface area contributed by atoms with Crippen molar-refractivity contribution in [1.82, 2.24) is 0 Å². The molecule has 0 saturated carbocycles. The highest BCUT2D eigenvalue weighted by molar-refractivity contribution is 5.90. The number of anilines is 1. The number of carbonyl (C=O) groups is 2. The Balaban J connectivity index is 2.52. The zero-order valence-electron chi connectivity index (χ0n) is 11.2. The van der Waals surface area contributed by atoms with Crippen molar-refractivity contribution < 1.29 is 19.4 Å². The van der Waals surface area contributed by atoms with Gasteiger partial charge < -0.3 is 15.2 Å². The molecule has 0 bridgehead atoms. The Morgan fingerprint density at radius 1 is 1.32 bits per heavy atom. The summed E-state index contributed by atoms with van der Waals surface area (Å²) in [5.74, 6) is -1.49. The third-order valence-corrected chi connectivity index (χ3v) is 2.82. The molecule has 5 heteroatoms. The molecule has 0 aliphatic heterocycles. The first-order chi connectivity index (χ1) is 9.04. The van der Waals surface area contributed by atoms with Crippen LogP contribution in [0.5, 0.6) is 0 Å². The molecule has 1 rings (SSSR count). The normalized spacial score (nSPS) is 11.9. The van der Waals surface area contributed by atoms with Gasteiger partial charge in [0.2, 0.25) is 5.91 Å². The van der Waals surface area contributed by atoms with Crippen LogP contribution in [0.2, 0.25) is 0 Å². The maximum atomic E-state index is 11.6. The number of hydrogen-bond donors (Lipinski definition) is 2. The molecule has 1 amide bonds. The molecule has 0 spiro atoms. The summed E-state index contributed by atoms with van der Waals surface area (Å²) < 4.78 is 4.87. The molecule has 0 heterocycles. The van der Waals surface area contributed by atoms with Gasteiger partial charge in [0.05, 0.1) is 5.92 Å². The Morgan fingerprint density at radius 3 is 2.47 bits per heavy atom. The fourth-order valence-electron chi connectivity index (χ4n) is 1.60. The van der Waals surface area contributed by atoms with Gasteiger partial charge in [0.25, 0.3) is 0 Å². The smallest absolute Gasteiger partial charge is 0.310 e. The van der Waals surface area contributed by atoms with Crippen LogP contribution in [0, 0.1) is 0 Å². The summed E-state index contributed by atoms with van der Waals surface area (Å²) in [4.78, 5) is 22.4. The number of methoxy groups -OCH3 is 1. The number of carbonyl (C=O) groups excluding carboxylic acids is 1. The van der Waals surface area contributed by atoms with E-state index in [0.29, 0.717) is 30.7 Å². The summed E-state index contributed by atoms with van der Waals surface area (Å²) in [5, 5.41) is 11.6. The second-order valence-electron chi connectivity index (χ2n) is 4.33. The van der Waals surface area contributed by atoms with Gasteiger partial charge in [-0.1, -0.05) is 12.1 Å². The van der Waals surface area contributed by atoms with Crippen LogP contribution in [0.15, 0.2) is 24.3 Å². The molecular formula is C14H19NO4. The van der Waals surface area contributed by atoms with Crippen molar-refractivity contribution in [1.29, 1.82) is 0 Å². The van der Waals surface area contributed by atoms with E-state index in [1.807, 2.05) is 0 Å². The van der Waals surface area contributed by atoms with Crippen molar-refractivity contribution in [2.75, 3.05) is 19.0 Å². The Bertz CT molecular complexity index is 428. The number of hydrogen-bond acceptors (Lipinski definition) is 3. The van der Waals surface area contributed by atoms with Gasteiger partial charge in [0.15, 0.2) is 0 Å². The van der Waals surface area contributed by atoms with Gasteiger partial charge >= 0.3 is 5.97 Å². The molecule has 0 saturated heterocycles. The van der Waals surface area contributed by atoms with Gasteiger partial charge in [-0.3, -0.25) is 9.59 Å². The monoisotopic (exact) mass is 265 g/mol. The second-order valence-corrected chi connectivity index (χ2v) is 4.33. The number of nitrogens with one attached hydrogen (secondary N) is 1. The minimum Gasteiger partial charge on any atom is -0.481 e. The summed E-state index contributed by atoms with van der Waals surface area (Å²) in [5.41, 5.74) is 1.38.